The number of benzene rings is 1. The lowest BCUT2D eigenvalue weighted by molar-refractivity contribution is -0.181. The van der Waals surface area contributed by atoms with Crippen LogP contribution in [0.15, 0.2) is 42.7 Å². The molecule has 0 radical (unpaired) electrons. The summed E-state index contributed by atoms with van der Waals surface area (Å²) in [5.74, 6) is -0.403. The first-order chi connectivity index (χ1) is 11.3. The lowest BCUT2D eigenvalue weighted by Crippen LogP contribution is -2.47. The molecule has 1 aromatic carbocycles. The molecule has 1 aromatic heterocycles. The largest absolute Gasteiger partial charge is 0.347 e. The number of rotatable bonds is 2. The number of amides is 1. The van der Waals surface area contributed by atoms with Crippen LogP contribution < -0.4 is 0 Å². The molecule has 6 heteroatoms. The van der Waals surface area contributed by atoms with Gasteiger partial charge in [-0.15, -0.1) is 0 Å². The van der Waals surface area contributed by atoms with Crippen molar-refractivity contribution in [1.29, 1.82) is 0 Å². The van der Waals surface area contributed by atoms with Crippen LogP contribution in [0.4, 0.5) is 0 Å². The minimum Gasteiger partial charge on any atom is -0.347 e. The fraction of sp³-hybridized carbons (Fsp3) is 0.412. The number of ether oxygens (including phenoxy) is 2. The zero-order chi connectivity index (χ0) is 15.7. The second-order valence-corrected chi connectivity index (χ2v) is 5.90. The molecule has 0 aliphatic carbocycles. The minimum absolute atomic E-state index is 0.0480. The van der Waals surface area contributed by atoms with E-state index in [0.717, 1.165) is 18.5 Å². The lowest BCUT2D eigenvalue weighted by Gasteiger charge is -2.37. The van der Waals surface area contributed by atoms with Gasteiger partial charge in [-0.1, -0.05) is 6.07 Å². The molecule has 0 saturated carbocycles. The van der Waals surface area contributed by atoms with Crippen LogP contribution in [0.5, 0.6) is 0 Å². The summed E-state index contributed by atoms with van der Waals surface area (Å²) < 4.78 is 13.2. The SMILES string of the molecule is O=C(c1cccc(-n2cccn2)c1)N1CCC2(CC1)OCCO2. The summed E-state index contributed by atoms with van der Waals surface area (Å²) in [6.07, 6.45) is 5.05. The first-order valence-corrected chi connectivity index (χ1v) is 7.93. The standard InChI is InChI=1S/C17H19N3O3/c21-16(19-9-5-17(6-10-19)22-11-12-23-17)14-3-1-4-15(13-14)20-8-2-7-18-20/h1-4,7-8,13H,5-6,9-12H2. The summed E-state index contributed by atoms with van der Waals surface area (Å²) in [5.41, 5.74) is 1.57. The maximum atomic E-state index is 12.7. The van der Waals surface area contributed by atoms with Crippen LogP contribution >= 0.6 is 0 Å². The monoisotopic (exact) mass is 313 g/mol. The maximum absolute atomic E-state index is 12.7. The summed E-state index contributed by atoms with van der Waals surface area (Å²) in [4.78, 5) is 14.6. The highest BCUT2D eigenvalue weighted by Crippen LogP contribution is 2.31. The highest BCUT2D eigenvalue weighted by atomic mass is 16.7. The summed E-state index contributed by atoms with van der Waals surface area (Å²) in [7, 11) is 0. The molecular weight excluding hydrogens is 294 g/mol. The molecule has 2 aliphatic rings. The first kappa shape index (κ1) is 14.4. The van der Waals surface area contributed by atoms with Crippen molar-refractivity contribution in [3.05, 3.63) is 48.3 Å². The molecule has 6 nitrogen and oxygen atoms in total. The van der Waals surface area contributed by atoms with Gasteiger partial charge in [-0.3, -0.25) is 4.79 Å². The predicted octanol–water partition coefficient (Wildman–Crippen LogP) is 1.85. The molecule has 23 heavy (non-hydrogen) atoms. The van der Waals surface area contributed by atoms with E-state index in [4.69, 9.17) is 9.47 Å². The summed E-state index contributed by atoms with van der Waals surface area (Å²) >= 11 is 0. The average molecular weight is 313 g/mol. The highest BCUT2D eigenvalue weighted by molar-refractivity contribution is 5.94. The van der Waals surface area contributed by atoms with Crippen molar-refractivity contribution in [1.82, 2.24) is 14.7 Å². The summed E-state index contributed by atoms with van der Waals surface area (Å²) in [6.45, 7) is 2.62. The second-order valence-electron chi connectivity index (χ2n) is 5.90. The number of nitrogens with zero attached hydrogens (tertiary/aromatic N) is 3. The van der Waals surface area contributed by atoms with Crippen LogP contribution in [-0.2, 0) is 9.47 Å². The molecular formula is C17H19N3O3. The van der Waals surface area contributed by atoms with Gasteiger partial charge in [-0.2, -0.15) is 5.10 Å². The summed E-state index contributed by atoms with van der Waals surface area (Å²) in [5, 5.41) is 4.21. The zero-order valence-corrected chi connectivity index (χ0v) is 12.9. The number of aromatic nitrogens is 2. The van der Waals surface area contributed by atoms with Gasteiger partial charge < -0.3 is 14.4 Å². The molecule has 4 rings (SSSR count). The van der Waals surface area contributed by atoms with Crippen molar-refractivity contribution in [3.63, 3.8) is 0 Å². The van der Waals surface area contributed by atoms with Gasteiger partial charge in [0.05, 0.1) is 18.9 Å². The highest BCUT2D eigenvalue weighted by Gasteiger charge is 2.40. The van der Waals surface area contributed by atoms with Gasteiger partial charge in [0.15, 0.2) is 5.79 Å². The second kappa shape index (κ2) is 5.79. The van der Waals surface area contributed by atoms with Gasteiger partial charge in [0.25, 0.3) is 5.91 Å². The molecule has 0 N–H and O–H groups in total. The molecule has 2 saturated heterocycles. The Labute approximate surface area is 134 Å². The Hall–Kier alpha value is -2.18. The van der Waals surface area contributed by atoms with Gasteiger partial charge in [0, 0.05) is 43.9 Å². The van der Waals surface area contributed by atoms with E-state index in [1.807, 2.05) is 41.4 Å². The molecule has 120 valence electrons. The Kier molecular flexibility index (Phi) is 3.63. The van der Waals surface area contributed by atoms with E-state index in [9.17, 15) is 4.79 Å². The van der Waals surface area contributed by atoms with E-state index in [0.29, 0.717) is 31.9 Å². The molecule has 2 aliphatic heterocycles. The van der Waals surface area contributed by atoms with E-state index < -0.39 is 5.79 Å². The maximum Gasteiger partial charge on any atom is 0.253 e. The quantitative estimate of drug-likeness (QED) is 0.849. The topological polar surface area (TPSA) is 56.6 Å². The fourth-order valence-electron chi connectivity index (χ4n) is 3.22. The Morgan fingerprint density at radius 1 is 1.13 bits per heavy atom. The molecule has 1 amide bonds. The van der Waals surface area contributed by atoms with E-state index >= 15 is 0 Å². The Balaban J connectivity index is 1.48. The minimum atomic E-state index is -0.451. The number of carbonyl (C=O) groups excluding carboxylic acids is 1. The lowest BCUT2D eigenvalue weighted by atomic mass is 10.0. The van der Waals surface area contributed by atoms with E-state index in [2.05, 4.69) is 5.10 Å². The van der Waals surface area contributed by atoms with Crippen molar-refractivity contribution in [2.75, 3.05) is 26.3 Å². The molecule has 0 unspecified atom stereocenters. The smallest absolute Gasteiger partial charge is 0.253 e. The van der Waals surface area contributed by atoms with E-state index in [-0.39, 0.29) is 5.91 Å². The van der Waals surface area contributed by atoms with Gasteiger partial charge in [-0.05, 0) is 24.3 Å². The first-order valence-electron chi connectivity index (χ1n) is 7.93. The van der Waals surface area contributed by atoms with Crippen molar-refractivity contribution in [3.8, 4) is 5.69 Å². The molecule has 0 bridgehead atoms. The van der Waals surface area contributed by atoms with Crippen LogP contribution in [0.1, 0.15) is 23.2 Å². The van der Waals surface area contributed by atoms with Crippen LogP contribution in [0.25, 0.3) is 5.69 Å². The van der Waals surface area contributed by atoms with E-state index in [1.54, 1.807) is 10.9 Å². The van der Waals surface area contributed by atoms with Crippen molar-refractivity contribution in [2.45, 2.75) is 18.6 Å². The number of piperidine rings is 1. The van der Waals surface area contributed by atoms with Gasteiger partial charge >= 0.3 is 0 Å². The molecule has 2 aromatic rings. The van der Waals surface area contributed by atoms with Crippen LogP contribution in [0.2, 0.25) is 0 Å². The number of likely N-dealkylation sites (tertiary alicyclic amines) is 1. The van der Waals surface area contributed by atoms with Gasteiger partial charge in [0.1, 0.15) is 0 Å². The van der Waals surface area contributed by atoms with Crippen molar-refractivity contribution in [2.24, 2.45) is 0 Å². The average Bonchev–Trinajstić information content (AvgIpc) is 3.28. The number of carbonyl (C=O) groups is 1. The molecule has 1 spiro atoms. The normalized spacial score (nSPS) is 20.1. The molecule has 0 atom stereocenters. The van der Waals surface area contributed by atoms with Crippen molar-refractivity contribution >= 4 is 5.91 Å². The van der Waals surface area contributed by atoms with Crippen LogP contribution in [-0.4, -0.2) is 52.7 Å². The molecule has 3 heterocycles. The zero-order valence-electron chi connectivity index (χ0n) is 12.9. The number of hydrogen-bond donors (Lipinski definition) is 0. The Morgan fingerprint density at radius 2 is 1.91 bits per heavy atom. The third-order valence-electron chi connectivity index (χ3n) is 4.49. The third kappa shape index (κ3) is 2.75. The Morgan fingerprint density at radius 3 is 2.61 bits per heavy atom. The fourth-order valence-corrected chi connectivity index (χ4v) is 3.22. The van der Waals surface area contributed by atoms with Gasteiger partial charge in [-0.25, -0.2) is 4.68 Å². The third-order valence-corrected chi connectivity index (χ3v) is 4.49. The number of hydrogen-bond acceptors (Lipinski definition) is 4. The van der Waals surface area contributed by atoms with Gasteiger partial charge in [0.2, 0.25) is 0 Å². The predicted molar refractivity (Wildman–Crippen MR) is 83.3 cm³/mol. The van der Waals surface area contributed by atoms with Crippen LogP contribution in [0.3, 0.4) is 0 Å². The van der Waals surface area contributed by atoms with Crippen molar-refractivity contribution < 1.29 is 14.3 Å². The van der Waals surface area contributed by atoms with Crippen LogP contribution in [0, 0.1) is 0 Å². The summed E-state index contributed by atoms with van der Waals surface area (Å²) in [6, 6.07) is 9.42. The van der Waals surface area contributed by atoms with E-state index in [1.165, 1.54) is 0 Å². The molecule has 2 fully saturated rings. The Bertz CT molecular complexity index is 683.